The summed E-state index contributed by atoms with van der Waals surface area (Å²) in [6.45, 7) is 4.40. The molecular weight excluding hydrogens is 166 g/mol. The van der Waals surface area contributed by atoms with Crippen molar-refractivity contribution in [3.63, 3.8) is 0 Å². The molecule has 4 heteroatoms. The second-order valence-corrected chi connectivity index (χ2v) is 4.00. The Morgan fingerprint density at radius 1 is 1.54 bits per heavy atom. The Kier molecular flexibility index (Phi) is 4.66. The second kappa shape index (κ2) is 5.54. The third-order valence-electron chi connectivity index (χ3n) is 2.52. The van der Waals surface area contributed by atoms with E-state index in [2.05, 4.69) is 23.9 Å². The number of piperidine rings is 1. The van der Waals surface area contributed by atoms with E-state index in [0.717, 1.165) is 26.1 Å². The fourth-order valence-corrected chi connectivity index (χ4v) is 1.67. The van der Waals surface area contributed by atoms with E-state index in [0.29, 0.717) is 0 Å². The number of hydrogen-bond acceptors (Lipinski definition) is 4. The first kappa shape index (κ1) is 10.9. The zero-order chi connectivity index (χ0) is 9.68. The van der Waals surface area contributed by atoms with Crippen LogP contribution in [0.3, 0.4) is 0 Å². The summed E-state index contributed by atoms with van der Waals surface area (Å²) < 4.78 is 0. The predicted octanol–water partition coefficient (Wildman–Crippen LogP) is -0.0973. The Bertz CT molecular complexity index is 141. The minimum absolute atomic E-state index is 0.246. The first-order chi connectivity index (χ1) is 6.22. The highest BCUT2D eigenvalue weighted by atomic mass is 16.6. The lowest BCUT2D eigenvalue weighted by atomic mass is 10.1. The van der Waals surface area contributed by atoms with Crippen LogP contribution in [0.4, 0.5) is 0 Å². The molecule has 1 unspecified atom stereocenters. The normalized spacial score (nSPS) is 25.4. The van der Waals surface area contributed by atoms with Crippen LogP contribution in [0, 0.1) is 0 Å². The SMILES string of the molecule is CN(C)CCN1CCCC(ON)C1. The summed E-state index contributed by atoms with van der Waals surface area (Å²) in [5.74, 6) is 5.18. The van der Waals surface area contributed by atoms with Gasteiger partial charge in [0.25, 0.3) is 0 Å². The van der Waals surface area contributed by atoms with Gasteiger partial charge in [-0.2, -0.15) is 0 Å². The van der Waals surface area contributed by atoms with Crippen LogP contribution in [-0.2, 0) is 4.84 Å². The average Bonchev–Trinajstić information content (AvgIpc) is 2.15. The van der Waals surface area contributed by atoms with Gasteiger partial charge in [-0.1, -0.05) is 0 Å². The third-order valence-corrected chi connectivity index (χ3v) is 2.52. The molecule has 0 saturated carbocycles. The molecule has 0 amide bonds. The molecule has 1 rings (SSSR count). The van der Waals surface area contributed by atoms with E-state index in [1.165, 1.54) is 13.0 Å². The van der Waals surface area contributed by atoms with E-state index >= 15 is 0 Å². The standard InChI is InChI=1S/C9H21N3O/c1-11(2)6-7-12-5-3-4-9(8-12)13-10/h9H,3-8,10H2,1-2H3. The maximum absolute atomic E-state index is 5.18. The van der Waals surface area contributed by atoms with Gasteiger partial charge in [0.05, 0.1) is 6.10 Å². The van der Waals surface area contributed by atoms with E-state index in [4.69, 9.17) is 10.7 Å². The predicted molar refractivity (Wildman–Crippen MR) is 53.3 cm³/mol. The zero-order valence-electron chi connectivity index (χ0n) is 8.70. The summed E-state index contributed by atoms with van der Waals surface area (Å²) in [4.78, 5) is 9.49. The van der Waals surface area contributed by atoms with Crippen molar-refractivity contribution in [1.82, 2.24) is 9.80 Å². The maximum atomic E-state index is 5.18. The van der Waals surface area contributed by atoms with Crippen LogP contribution in [0.2, 0.25) is 0 Å². The summed E-state index contributed by atoms with van der Waals surface area (Å²) in [5.41, 5.74) is 0. The molecule has 2 N–H and O–H groups in total. The lowest BCUT2D eigenvalue weighted by Gasteiger charge is -2.31. The first-order valence-electron chi connectivity index (χ1n) is 4.95. The highest BCUT2D eigenvalue weighted by Crippen LogP contribution is 2.10. The van der Waals surface area contributed by atoms with Gasteiger partial charge < -0.3 is 4.90 Å². The Hall–Kier alpha value is -0.160. The van der Waals surface area contributed by atoms with Crippen LogP contribution in [0.15, 0.2) is 0 Å². The van der Waals surface area contributed by atoms with Crippen molar-refractivity contribution in [2.24, 2.45) is 5.90 Å². The number of rotatable bonds is 4. The smallest absolute Gasteiger partial charge is 0.0914 e. The van der Waals surface area contributed by atoms with Gasteiger partial charge in [-0.25, -0.2) is 5.90 Å². The van der Waals surface area contributed by atoms with Gasteiger partial charge in [0.15, 0.2) is 0 Å². The van der Waals surface area contributed by atoms with Crippen LogP contribution in [0.5, 0.6) is 0 Å². The number of likely N-dealkylation sites (N-methyl/N-ethyl adjacent to an activating group) is 1. The Morgan fingerprint density at radius 2 is 2.31 bits per heavy atom. The molecule has 4 nitrogen and oxygen atoms in total. The fraction of sp³-hybridized carbons (Fsp3) is 1.00. The Balaban J connectivity index is 2.18. The Morgan fingerprint density at radius 3 is 2.92 bits per heavy atom. The van der Waals surface area contributed by atoms with E-state index in [9.17, 15) is 0 Å². The van der Waals surface area contributed by atoms with Gasteiger partial charge in [0, 0.05) is 19.6 Å². The summed E-state index contributed by atoms with van der Waals surface area (Å²) in [5, 5.41) is 0. The van der Waals surface area contributed by atoms with Gasteiger partial charge in [0.1, 0.15) is 0 Å². The van der Waals surface area contributed by atoms with Crippen LogP contribution in [-0.4, -0.2) is 56.2 Å². The van der Waals surface area contributed by atoms with Crippen LogP contribution in [0.25, 0.3) is 0 Å². The van der Waals surface area contributed by atoms with Gasteiger partial charge >= 0.3 is 0 Å². The summed E-state index contributed by atoms with van der Waals surface area (Å²) in [6, 6.07) is 0. The van der Waals surface area contributed by atoms with Gasteiger partial charge in [-0.3, -0.25) is 9.74 Å². The summed E-state index contributed by atoms with van der Waals surface area (Å²) in [6.07, 6.45) is 2.56. The topological polar surface area (TPSA) is 41.7 Å². The highest BCUT2D eigenvalue weighted by Gasteiger charge is 2.19. The maximum Gasteiger partial charge on any atom is 0.0914 e. The van der Waals surface area contributed by atoms with Crippen molar-refractivity contribution >= 4 is 0 Å². The number of likely N-dealkylation sites (tertiary alicyclic amines) is 1. The third kappa shape index (κ3) is 4.04. The zero-order valence-corrected chi connectivity index (χ0v) is 8.70. The summed E-state index contributed by atoms with van der Waals surface area (Å²) in [7, 11) is 4.20. The second-order valence-electron chi connectivity index (χ2n) is 4.00. The van der Waals surface area contributed by atoms with Crippen molar-refractivity contribution in [3.8, 4) is 0 Å². The van der Waals surface area contributed by atoms with Crippen molar-refractivity contribution in [3.05, 3.63) is 0 Å². The Labute approximate surface area is 80.6 Å². The number of nitrogens with zero attached hydrogens (tertiary/aromatic N) is 2. The minimum atomic E-state index is 0.246. The molecule has 1 fully saturated rings. The molecule has 0 aliphatic carbocycles. The molecule has 1 aliphatic heterocycles. The fourth-order valence-electron chi connectivity index (χ4n) is 1.67. The molecule has 0 bridgehead atoms. The number of hydrogen-bond donors (Lipinski definition) is 1. The molecule has 0 aromatic heterocycles. The molecule has 13 heavy (non-hydrogen) atoms. The van der Waals surface area contributed by atoms with E-state index in [1.54, 1.807) is 0 Å². The van der Waals surface area contributed by atoms with Crippen molar-refractivity contribution in [2.45, 2.75) is 18.9 Å². The molecule has 0 aromatic rings. The van der Waals surface area contributed by atoms with E-state index in [1.807, 2.05) is 0 Å². The molecule has 1 aliphatic rings. The van der Waals surface area contributed by atoms with Crippen molar-refractivity contribution in [2.75, 3.05) is 40.3 Å². The highest BCUT2D eigenvalue weighted by molar-refractivity contribution is 4.72. The van der Waals surface area contributed by atoms with Gasteiger partial charge in [-0.15, -0.1) is 0 Å². The number of nitrogens with two attached hydrogens (primary N) is 1. The van der Waals surface area contributed by atoms with Crippen molar-refractivity contribution in [1.29, 1.82) is 0 Å². The molecule has 1 heterocycles. The minimum Gasteiger partial charge on any atom is -0.308 e. The van der Waals surface area contributed by atoms with Crippen molar-refractivity contribution < 1.29 is 4.84 Å². The molecule has 1 atom stereocenters. The van der Waals surface area contributed by atoms with Crippen LogP contribution >= 0.6 is 0 Å². The molecule has 0 radical (unpaired) electrons. The van der Waals surface area contributed by atoms with Gasteiger partial charge in [0.2, 0.25) is 0 Å². The monoisotopic (exact) mass is 187 g/mol. The van der Waals surface area contributed by atoms with Crippen LogP contribution in [0.1, 0.15) is 12.8 Å². The molecule has 0 spiro atoms. The van der Waals surface area contributed by atoms with Gasteiger partial charge in [-0.05, 0) is 33.5 Å². The molecule has 78 valence electrons. The van der Waals surface area contributed by atoms with E-state index in [-0.39, 0.29) is 6.10 Å². The summed E-state index contributed by atoms with van der Waals surface area (Å²) >= 11 is 0. The van der Waals surface area contributed by atoms with E-state index < -0.39 is 0 Å². The molecule has 0 aromatic carbocycles. The van der Waals surface area contributed by atoms with Crippen LogP contribution < -0.4 is 5.90 Å². The quantitative estimate of drug-likeness (QED) is 0.624. The molecule has 1 saturated heterocycles. The largest absolute Gasteiger partial charge is 0.308 e. The average molecular weight is 187 g/mol. The lowest BCUT2D eigenvalue weighted by molar-refractivity contribution is -0.00257. The lowest BCUT2D eigenvalue weighted by Crippen LogP contribution is -2.43. The molecular formula is C9H21N3O. The first-order valence-corrected chi connectivity index (χ1v) is 4.95.